The summed E-state index contributed by atoms with van der Waals surface area (Å²) >= 11 is 0. The van der Waals surface area contributed by atoms with Gasteiger partial charge in [-0.15, -0.1) is 0 Å². The van der Waals surface area contributed by atoms with Crippen molar-refractivity contribution in [3.63, 3.8) is 0 Å². The molecule has 148 valence electrons. The van der Waals surface area contributed by atoms with Crippen molar-refractivity contribution in [2.75, 3.05) is 7.11 Å². The highest BCUT2D eigenvalue weighted by Gasteiger charge is 2.45. The third-order valence-electron chi connectivity index (χ3n) is 4.53. The molecular formula is C18H20N4O5S. The topological polar surface area (TPSA) is 126 Å². The van der Waals surface area contributed by atoms with Gasteiger partial charge in [0.1, 0.15) is 11.3 Å². The molecule has 2 aromatic rings. The zero-order valence-electron chi connectivity index (χ0n) is 15.5. The minimum Gasteiger partial charge on any atom is -0.496 e. The smallest absolute Gasteiger partial charge is 0.322 e. The molecule has 10 heteroatoms. The van der Waals surface area contributed by atoms with Gasteiger partial charge in [-0.05, 0) is 44.2 Å². The molecule has 1 aromatic carbocycles. The average Bonchev–Trinajstić information content (AvgIpc) is 2.94. The van der Waals surface area contributed by atoms with Gasteiger partial charge in [0.15, 0.2) is 0 Å². The minimum atomic E-state index is -3.93. The predicted octanol–water partition coefficient (Wildman–Crippen LogP) is 1.18. The maximum Gasteiger partial charge on any atom is 0.322 e. The number of methoxy groups -OCH3 is 1. The fourth-order valence-corrected chi connectivity index (χ4v) is 4.21. The quantitative estimate of drug-likeness (QED) is 0.621. The van der Waals surface area contributed by atoms with Gasteiger partial charge in [0, 0.05) is 11.8 Å². The fraction of sp³-hybridized carbons (Fsp3) is 0.278. The van der Waals surface area contributed by atoms with Crippen LogP contribution in [0.25, 0.3) is 0 Å². The van der Waals surface area contributed by atoms with E-state index in [-0.39, 0.29) is 16.2 Å². The summed E-state index contributed by atoms with van der Waals surface area (Å²) < 4.78 is 33.6. The number of nitrogens with one attached hydrogen (secondary N) is 3. The van der Waals surface area contributed by atoms with Crippen LogP contribution in [0, 0.1) is 0 Å². The van der Waals surface area contributed by atoms with Crippen LogP contribution in [0.5, 0.6) is 5.75 Å². The number of carbonyl (C=O) groups excluding carboxylic acids is 2. The highest BCUT2D eigenvalue weighted by atomic mass is 32.2. The number of aromatic nitrogens is 1. The predicted molar refractivity (Wildman–Crippen MR) is 100.0 cm³/mol. The lowest BCUT2D eigenvalue weighted by atomic mass is 9.91. The van der Waals surface area contributed by atoms with Gasteiger partial charge in [-0.3, -0.25) is 15.1 Å². The Balaban J connectivity index is 1.99. The molecule has 0 unspecified atom stereocenters. The Morgan fingerprint density at radius 3 is 2.54 bits per heavy atom. The third-order valence-corrected chi connectivity index (χ3v) is 6.07. The molecule has 3 N–H and O–H groups in total. The monoisotopic (exact) mass is 404 g/mol. The lowest BCUT2D eigenvalue weighted by Gasteiger charge is -2.24. The molecule has 0 spiro atoms. The summed E-state index contributed by atoms with van der Waals surface area (Å²) in [4.78, 5) is 28.0. The second-order valence-electron chi connectivity index (χ2n) is 6.49. The molecule has 2 heterocycles. The van der Waals surface area contributed by atoms with Crippen molar-refractivity contribution >= 4 is 22.0 Å². The number of benzene rings is 1. The first-order valence-electron chi connectivity index (χ1n) is 8.43. The lowest BCUT2D eigenvalue weighted by Crippen LogP contribution is -2.41. The molecule has 28 heavy (non-hydrogen) atoms. The second kappa shape index (κ2) is 7.21. The second-order valence-corrected chi connectivity index (χ2v) is 8.21. The summed E-state index contributed by atoms with van der Waals surface area (Å²) in [5.41, 5.74) is -0.665. The highest BCUT2D eigenvalue weighted by molar-refractivity contribution is 7.89. The number of imide groups is 1. The number of ether oxygens (including phenoxy) is 1. The Morgan fingerprint density at radius 2 is 1.96 bits per heavy atom. The van der Waals surface area contributed by atoms with Crippen LogP contribution in [-0.4, -0.2) is 32.4 Å². The maximum atomic E-state index is 12.9. The first kappa shape index (κ1) is 19.8. The number of urea groups is 1. The molecule has 1 aliphatic heterocycles. The number of amides is 3. The van der Waals surface area contributed by atoms with Crippen molar-refractivity contribution in [3.8, 4) is 5.75 Å². The molecule has 9 nitrogen and oxygen atoms in total. The van der Waals surface area contributed by atoms with Crippen LogP contribution in [0.4, 0.5) is 4.79 Å². The summed E-state index contributed by atoms with van der Waals surface area (Å²) in [5.74, 6) is -0.322. The van der Waals surface area contributed by atoms with Gasteiger partial charge in [-0.1, -0.05) is 6.07 Å². The van der Waals surface area contributed by atoms with E-state index in [4.69, 9.17) is 4.74 Å². The van der Waals surface area contributed by atoms with E-state index in [1.165, 1.54) is 32.2 Å². The number of carbonyl (C=O) groups is 2. The molecule has 0 radical (unpaired) electrons. The van der Waals surface area contributed by atoms with Gasteiger partial charge in [0.2, 0.25) is 10.0 Å². The Bertz CT molecular complexity index is 1030. The van der Waals surface area contributed by atoms with Crippen molar-refractivity contribution in [2.45, 2.75) is 30.3 Å². The van der Waals surface area contributed by atoms with Gasteiger partial charge in [-0.25, -0.2) is 17.9 Å². The van der Waals surface area contributed by atoms with Crippen LogP contribution in [0.3, 0.4) is 0 Å². The van der Waals surface area contributed by atoms with Crippen LogP contribution in [0.15, 0.2) is 47.5 Å². The molecule has 1 aliphatic rings. The molecular weight excluding hydrogens is 384 g/mol. The van der Waals surface area contributed by atoms with E-state index in [0.29, 0.717) is 5.69 Å². The van der Waals surface area contributed by atoms with Crippen molar-refractivity contribution in [1.29, 1.82) is 0 Å². The molecule has 0 saturated carbocycles. The van der Waals surface area contributed by atoms with Gasteiger partial charge in [0.25, 0.3) is 5.91 Å². The Hall–Kier alpha value is -2.98. The van der Waals surface area contributed by atoms with Crippen molar-refractivity contribution in [3.05, 3.63) is 53.9 Å². The molecule has 1 saturated heterocycles. The zero-order chi connectivity index (χ0) is 20.5. The van der Waals surface area contributed by atoms with Gasteiger partial charge >= 0.3 is 6.03 Å². The van der Waals surface area contributed by atoms with Crippen LogP contribution in [0.2, 0.25) is 0 Å². The summed E-state index contributed by atoms with van der Waals surface area (Å²) in [6.07, 6.45) is 1.58. The number of rotatable bonds is 6. The van der Waals surface area contributed by atoms with Crippen LogP contribution >= 0.6 is 0 Å². The number of nitrogens with zero attached hydrogens (tertiary/aromatic N) is 1. The average molecular weight is 404 g/mol. The van der Waals surface area contributed by atoms with Crippen LogP contribution in [-0.2, 0) is 20.4 Å². The molecule has 1 aromatic heterocycles. The van der Waals surface area contributed by atoms with Crippen LogP contribution in [0.1, 0.15) is 31.1 Å². The highest BCUT2D eigenvalue weighted by Crippen LogP contribution is 2.34. The van der Waals surface area contributed by atoms with E-state index in [0.717, 1.165) is 0 Å². The molecule has 1 fully saturated rings. The van der Waals surface area contributed by atoms with E-state index in [2.05, 4.69) is 20.3 Å². The SMILES string of the molecule is COc1ccc(S(=O)(=O)N[C@H](C)c2ccccn2)cc1[C@@]1(C)NC(=O)NC1=O. The maximum absolute atomic E-state index is 12.9. The molecule has 3 rings (SSSR count). The van der Waals surface area contributed by atoms with E-state index in [1.807, 2.05) is 0 Å². The molecule has 0 aliphatic carbocycles. The number of hydrogen-bond donors (Lipinski definition) is 3. The summed E-state index contributed by atoms with van der Waals surface area (Å²) in [7, 11) is -2.54. The number of sulfonamides is 1. The molecule has 2 atom stereocenters. The minimum absolute atomic E-state index is 0.0683. The van der Waals surface area contributed by atoms with Gasteiger partial charge in [-0.2, -0.15) is 0 Å². The number of hydrogen-bond acceptors (Lipinski definition) is 6. The largest absolute Gasteiger partial charge is 0.496 e. The van der Waals surface area contributed by atoms with Crippen molar-refractivity contribution < 1.29 is 22.7 Å². The third kappa shape index (κ3) is 3.56. The van der Waals surface area contributed by atoms with Gasteiger partial charge in [0.05, 0.1) is 23.7 Å². The van der Waals surface area contributed by atoms with Crippen molar-refractivity contribution in [1.82, 2.24) is 20.3 Å². The number of pyridine rings is 1. The summed E-state index contributed by atoms with van der Waals surface area (Å²) in [5, 5.41) is 4.66. The Labute approximate surface area is 162 Å². The van der Waals surface area contributed by atoms with E-state index < -0.39 is 33.5 Å². The van der Waals surface area contributed by atoms with Gasteiger partial charge < -0.3 is 10.1 Å². The summed E-state index contributed by atoms with van der Waals surface area (Å²) in [6.45, 7) is 3.15. The molecule has 3 amide bonds. The standard InChI is InChI=1S/C18H20N4O5S/c1-11(14-6-4-5-9-19-14)22-28(25,26)12-7-8-15(27-3)13(10-12)18(2)16(23)20-17(24)21-18/h4-11,22H,1-3H3,(H2,20,21,23,24)/t11-,18-/m1/s1. The Kier molecular flexibility index (Phi) is 5.09. The first-order valence-corrected chi connectivity index (χ1v) is 9.91. The Morgan fingerprint density at radius 1 is 1.21 bits per heavy atom. The normalized spacial score (nSPS) is 20.4. The van der Waals surface area contributed by atoms with E-state index in [1.54, 1.807) is 31.3 Å². The van der Waals surface area contributed by atoms with E-state index in [9.17, 15) is 18.0 Å². The molecule has 0 bridgehead atoms. The fourth-order valence-electron chi connectivity index (χ4n) is 2.97. The zero-order valence-corrected chi connectivity index (χ0v) is 16.3. The van der Waals surface area contributed by atoms with E-state index >= 15 is 0 Å². The van der Waals surface area contributed by atoms with Crippen molar-refractivity contribution in [2.24, 2.45) is 0 Å². The first-order chi connectivity index (χ1) is 13.2. The summed E-state index contributed by atoms with van der Waals surface area (Å²) in [6, 6.07) is 8.12. The van der Waals surface area contributed by atoms with Crippen LogP contribution < -0.4 is 20.1 Å². The lowest BCUT2D eigenvalue weighted by molar-refractivity contribution is -0.123.